The predicted molar refractivity (Wildman–Crippen MR) is 87.5 cm³/mol. The molecule has 1 saturated carbocycles. The largest absolute Gasteiger partial charge is 0.481 e. The van der Waals surface area contributed by atoms with Crippen molar-refractivity contribution in [2.24, 2.45) is 0 Å². The molecule has 1 aliphatic rings. The maximum absolute atomic E-state index is 12.5. The lowest BCUT2D eigenvalue weighted by Gasteiger charge is -2.32. The van der Waals surface area contributed by atoms with Crippen molar-refractivity contribution >= 4 is 11.9 Å². The molecule has 23 heavy (non-hydrogen) atoms. The molecule has 5 nitrogen and oxygen atoms in total. The molecule has 0 N–H and O–H groups in total. The van der Waals surface area contributed by atoms with Crippen molar-refractivity contribution in [3.63, 3.8) is 0 Å². The number of likely N-dealkylation sites (N-methyl/N-ethyl adjacent to an activating group) is 1. The van der Waals surface area contributed by atoms with Crippen LogP contribution in [0.25, 0.3) is 0 Å². The molecule has 1 unspecified atom stereocenters. The molecular weight excluding hydrogens is 294 g/mol. The van der Waals surface area contributed by atoms with E-state index < -0.39 is 12.1 Å². The average Bonchev–Trinajstić information content (AvgIpc) is 2.61. The van der Waals surface area contributed by atoms with Crippen molar-refractivity contribution < 1.29 is 19.1 Å². The Kier molecular flexibility index (Phi) is 6.02. The highest BCUT2D eigenvalue weighted by molar-refractivity contribution is 5.89. The van der Waals surface area contributed by atoms with E-state index in [2.05, 4.69) is 4.74 Å². The Hall–Kier alpha value is -2.04. The third kappa shape index (κ3) is 4.47. The zero-order chi connectivity index (χ0) is 16.8. The fourth-order valence-corrected chi connectivity index (χ4v) is 2.98. The maximum atomic E-state index is 12.5. The van der Waals surface area contributed by atoms with E-state index >= 15 is 0 Å². The predicted octanol–water partition coefficient (Wildman–Crippen LogP) is 3.03. The van der Waals surface area contributed by atoms with Gasteiger partial charge in [-0.15, -0.1) is 0 Å². The lowest BCUT2D eigenvalue weighted by Crippen LogP contribution is -2.44. The molecule has 0 aliphatic heterocycles. The standard InChI is InChI=1S/C18H25NO4/c1-13(17(20)19(2)15-7-5-4-6-8-15)23-16-11-9-14(10-12-16)18(21)22-3/h9-13,15H,4-8H2,1-3H3. The Balaban J connectivity index is 1.93. The van der Waals surface area contributed by atoms with Crippen LogP contribution < -0.4 is 4.74 Å². The summed E-state index contributed by atoms with van der Waals surface area (Å²) in [6, 6.07) is 6.93. The second-order valence-electron chi connectivity index (χ2n) is 6.02. The van der Waals surface area contributed by atoms with Crippen LogP contribution in [0.4, 0.5) is 0 Å². The number of hydrogen-bond donors (Lipinski definition) is 0. The van der Waals surface area contributed by atoms with Crippen molar-refractivity contribution in [2.75, 3.05) is 14.2 Å². The molecule has 1 amide bonds. The van der Waals surface area contributed by atoms with Crippen molar-refractivity contribution in [3.05, 3.63) is 29.8 Å². The van der Waals surface area contributed by atoms with Crippen LogP contribution in [0.3, 0.4) is 0 Å². The van der Waals surface area contributed by atoms with Gasteiger partial charge in [0.05, 0.1) is 12.7 Å². The highest BCUT2D eigenvalue weighted by atomic mass is 16.5. The Morgan fingerprint density at radius 3 is 2.30 bits per heavy atom. The van der Waals surface area contributed by atoms with Crippen molar-refractivity contribution in [1.29, 1.82) is 0 Å². The quantitative estimate of drug-likeness (QED) is 0.783. The number of benzene rings is 1. The molecule has 5 heteroatoms. The molecule has 1 atom stereocenters. The summed E-state index contributed by atoms with van der Waals surface area (Å²) in [5, 5.41) is 0. The fourth-order valence-electron chi connectivity index (χ4n) is 2.98. The number of esters is 1. The summed E-state index contributed by atoms with van der Waals surface area (Å²) in [6.07, 6.45) is 5.23. The number of ether oxygens (including phenoxy) is 2. The lowest BCUT2D eigenvalue weighted by molar-refractivity contribution is -0.139. The second-order valence-corrected chi connectivity index (χ2v) is 6.02. The highest BCUT2D eigenvalue weighted by Gasteiger charge is 2.26. The van der Waals surface area contributed by atoms with Crippen LogP contribution in [0.1, 0.15) is 49.4 Å². The van der Waals surface area contributed by atoms with E-state index in [1.165, 1.54) is 26.4 Å². The first kappa shape index (κ1) is 17.3. The lowest BCUT2D eigenvalue weighted by atomic mass is 9.94. The average molecular weight is 319 g/mol. The Bertz CT molecular complexity index is 534. The molecule has 0 heterocycles. The molecule has 0 radical (unpaired) electrons. The summed E-state index contributed by atoms with van der Waals surface area (Å²) < 4.78 is 10.4. The smallest absolute Gasteiger partial charge is 0.337 e. The molecule has 1 fully saturated rings. The normalized spacial score (nSPS) is 16.5. The van der Waals surface area contributed by atoms with E-state index in [1.807, 2.05) is 11.9 Å². The first-order valence-corrected chi connectivity index (χ1v) is 8.14. The van der Waals surface area contributed by atoms with Gasteiger partial charge >= 0.3 is 5.97 Å². The molecule has 0 spiro atoms. The first-order valence-electron chi connectivity index (χ1n) is 8.14. The van der Waals surface area contributed by atoms with Crippen LogP contribution in [0.5, 0.6) is 5.75 Å². The van der Waals surface area contributed by atoms with Gasteiger partial charge in [0.15, 0.2) is 6.10 Å². The summed E-state index contributed by atoms with van der Waals surface area (Å²) in [7, 11) is 3.20. The van der Waals surface area contributed by atoms with E-state index in [0.29, 0.717) is 17.4 Å². The number of carbonyl (C=O) groups excluding carboxylic acids is 2. The minimum absolute atomic E-state index is 0.00561. The molecule has 1 aliphatic carbocycles. The molecule has 0 saturated heterocycles. The zero-order valence-corrected chi connectivity index (χ0v) is 14.1. The maximum Gasteiger partial charge on any atom is 0.337 e. The van der Waals surface area contributed by atoms with E-state index in [4.69, 9.17) is 4.74 Å². The second kappa shape index (κ2) is 7.99. The molecule has 2 rings (SSSR count). The molecule has 1 aromatic carbocycles. The van der Waals surface area contributed by atoms with Gasteiger partial charge in [0.1, 0.15) is 5.75 Å². The van der Waals surface area contributed by atoms with Gasteiger partial charge in [-0.05, 0) is 44.0 Å². The minimum atomic E-state index is -0.550. The van der Waals surface area contributed by atoms with Crippen molar-refractivity contribution in [1.82, 2.24) is 4.90 Å². The van der Waals surface area contributed by atoms with Gasteiger partial charge in [-0.3, -0.25) is 4.79 Å². The van der Waals surface area contributed by atoms with Gasteiger partial charge in [0, 0.05) is 13.1 Å². The fraction of sp³-hybridized carbons (Fsp3) is 0.556. The van der Waals surface area contributed by atoms with Gasteiger partial charge in [-0.25, -0.2) is 4.79 Å². The Labute approximate surface area is 137 Å². The Morgan fingerprint density at radius 1 is 1.13 bits per heavy atom. The van der Waals surface area contributed by atoms with Crippen LogP contribution in [0.2, 0.25) is 0 Å². The number of hydrogen-bond acceptors (Lipinski definition) is 4. The van der Waals surface area contributed by atoms with Crippen LogP contribution in [0, 0.1) is 0 Å². The summed E-state index contributed by atoms with van der Waals surface area (Å²) in [5.74, 6) is 0.169. The number of carbonyl (C=O) groups is 2. The summed E-state index contributed by atoms with van der Waals surface area (Å²) in [6.45, 7) is 1.76. The van der Waals surface area contributed by atoms with Crippen LogP contribution in [-0.4, -0.2) is 43.1 Å². The number of amides is 1. The van der Waals surface area contributed by atoms with Gasteiger partial charge in [0.25, 0.3) is 5.91 Å². The minimum Gasteiger partial charge on any atom is -0.481 e. The van der Waals surface area contributed by atoms with Gasteiger partial charge < -0.3 is 14.4 Å². The van der Waals surface area contributed by atoms with E-state index in [-0.39, 0.29) is 5.91 Å². The van der Waals surface area contributed by atoms with Gasteiger partial charge in [0.2, 0.25) is 0 Å². The third-order valence-electron chi connectivity index (χ3n) is 4.41. The molecule has 126 valence electrons. The van der Waals surface area contributed by atoms with Crippen molar-refractivity contribution in [2.45, 2.75) is 51.2 Å². The monoisotopic (exact) mass is 319 g/mol. The zero-order valence-electron chi connectivity index (χ0n) is 14.1. The summed E-state index contributed by atoms with van der Waals surface area (Å²) >= 11 is 0. The molecule has 0 aromatic heterocycles. The van der Waals surface area contributed by atoms with Gasteiger partial charge in [-0.2, -0.15) is 0 Å². The summed E-state index contributed by atoms with van der Waals surface area (Å²) in [5.41, 5.74) is 0.457. The topological polar surface area (TPSA) is 55.8 Å². The van der Waals surface area contributed by atoms with Crippen LogP contribution in [0.15, 0.2) is 24.3 Å². The Morgan fingerprint density at radius 2 is 1.74 bits per heavy atom. The highest BCUT2D eigenvalue weighted by Crippen LogP contribution is 2.23. The first-order chi connectivity index (χ1) is 11.0. The molecular formula is C18H25NO4. The van der Waals surface area contributed by atoms with Crippen LogP contribution in [-0.2, 0) is 9.53 Å². The molecule has 1 aromatic rings. The van der Waals surface area contributed by atoms with Crippen molar-refractivity contribution in [3.8, 4) is 5.75 Å². The molecule has 0 bridgehead atoms. The van der Waals surface area contributed by atoms with E-state index in [0.717, 1.165) is 12.8 Å². The number of methoxy groups -OCH3 is 1. The SMILES string of the molecule is COC(=O)c1ccc(OC(C)C(=O)N(C)C2CCCCC2)cc1. The van der Waals surface area contributed by atoms with Gasteiger partial charge in [-0.1, -0.05) is 19.3 Å². The number of nitrogens with zero attached hydrogens (tertiary/aromatic N) is 1. The third-order valence-corrected chi connectivity index (χ3v) is 4.41. The summed E-state index contributed by atoms with van der Waals surface area (Å²) in [4.78, 5) is 25.7. The van der Waals surface area contributed by atoms with Crippen LogP contribution >= 0.6 is 0 Å². The number of rotatable bonds is 5. The van der Waals surface area contributed by atoms with E-state index in [1.54, 1.807) is 31.2 Å². The van der Waals surface area contributed by atoms with E-state index in [9.17, 15) is 9.59 Å².